The van der Waals surface area contributed by atoms with Gasteiger partial charge in [0.2, 0.25) is 0 Å². The first-order chi connectivity index (χ1) is 8.31. The number of aromatic nitrogens is 2. The molecule has 6 heteroatoms. The van der Waals surface area contributed by atoms with Gasteiger partial charge >= 0.3 is 0 Å². The molecule has 1 aliphatic rings. The van der Waals surface area contributed by atoms with Gasteiger partial charge < -0.3 is 10.1 Å². The zero-order chi connectivity index (χ0) is 12.1. The monoisotopic (exact) mass is 255 g/mol. The Bertz CT molecular complexity index is 375. The minimum absolute atomic E-state index is 0.134. The van der Waals surface area contributed by atoms with E-state index in [0.717, 1.165) is 26.1 Å². The van der Waals surface area contributed by atoms with Crippen LogP contribution in [0, 0.1) is 0 Å². The fourth-order valence-electron chi connectivity index (χ4n) is 1.87. The molecule has 2 rings (SSSR count). The molecule has 0 unspecified atom stereocenters. The highest BCUT2D eigenvalue weighted by Crippen LogP contribution is 2.19. The lowest BCUT2D eigenvalue weighted by Crippen LogP contribution is -2.26. The van der Waals surface area contributed by atoms with Crippen molar-refractivity contribution in [3.63, 3.8) is 0 Å². The minimum Gasteiger partial charge on any atom is -0.381 e. The van der Waals surface area contributed by atoms with Crippen molar-refractivity contribution in [3.05, 3.63) is 18.0 Å². The summed E-state index contributed by atoms with van der Waals surface area (Å²) in [6.45, 7) is 2.10. The first-order valence-electron chi connectivity index (χ1n) is 5.83. The maximum atomic E-state index is 11.7. The summed E-state index contributed by atoms with van der Waals surface area (Å²) in [6, 6.07) is 2.11. The van der Waals surface area contributed by atoms with Crippen molar-refractivity contribution in [1.82, 2.24) is 15.1 Å². The molecule has 0 aliphatic carbocycles. The van der Waals surface area contributed by atoms with Crippen molar-refractivity contribution in [2.24, 2.45) is 0 Å². The van der Waals surface area contributed by atoms with Gasteiger partial charge in [-0.2, -0.15) is 17.7 Å². The van der Waals surface area contributed by atoms with Crippen LogP contribution in [0.4, 0.5) is 0 Å². The average Bonchev–Trinajstić information content (AvgIpc) is 2.86. The first-order valence-corrected chi connectivity index (χ1v) is 6.46. The van der Waals surface area contributed by atoms with Gasteiger partial charge in [-0.1, -0.05) is 0 Å². The van der Waals surface area contributed by atoms with Crippen LogP contribution in [0.5, 0.6) is 0 Å². The van der Waals surface area contributed by atoms with Gasteiger partial charge in [0.25, 0.3) is 5.91 Å². The molecular weight excluding hydrogens is 238 g/mol. The fraction of sp³-hybridized carbons (Fsp3) is 0.636. The number of carbonyl (C=O) groups is 1. The number of carbonyl (C=O) groups excluding carboxylic acids is 1. The van der Waals surface area contributed by atoms with E-state index in [1.54, 1.807) is 6.07 Å². The van der Waals surface area contributed by atoms with Crippen molar-refractivity contribution >= 4 is 18.5 Å². The number of ether oxygens (including phenoxy) is 1. The van der Waals surface area contributed by atoms with Crippen molar-refractivity contribution in [3.8, 4) is 0 Å². The number of hydrogen-bond acceptors (Lipinski definition) is 4. The van der Waals surface area contributed by atoms with Gasteiger partial charge in [-0.25, -0.2) is 0 Å². The number of thiol groups is 1. The summed E-state index contributed by atoms with van der Waals surface area (Å²) < 4.78 is 7.17. The second-order valence-electron chi connectivity index (χ2n) is 4.00. The summed E-state index contributed by atoms with van der Waals surface area (Å²) in [5, 5.41) is 7.06. The van der Waals surface area contributed by atoms with Gasteiger partial charge in [0.15, 0.2) is 0 Å². The first kappa shape index (κ1) is 12.4. The topological polar surface area (TPSA) is 56.2 Å². The minimum atomic E-state index is -0.134. The molecule has 5 nitrogen and oxygen atoms in total. The fourth-order valence-corrected chi connectivity index (χ4v) is 1.98. The summed E-state index contributed by atoms with van der Waals surface area (Å²) in [7, 11) is 0. The highest BCUT2D eigenvalue weighted by molar-refractivity contribution is 7.80. The molecule has 1 fully saturated rings. The van der Waals surface area contributed by atoms with E-state index in [0.29, 0.717) is 24.0 Å². The maximum Gasteiger partial charge on any atom is 0.271 e. The summed E-state index contributed by atoms with van der Waals surface area (Å²) in [6.07, 6.45) is 3.78. The molecule has 0 spiro atoms. The Balaban J connectivity index is 1.97. The highest BCUT2D eigenvalue weighted by atomic mass is 32.1. The van der Waals surface area contributed by atoms with Crippen molar-refractivity contribution < 1.29 is 9.53 Å². The van der Waals surface area contributed by atoms with Gasteiger partial charge in [0.05, 0.1) is 6.04 Å². The normalized spacial score (nSPS) is 17.0. The van der Waals surface area contributed by atoms with Crippen molar-refractivity contribution in [2.75, 3.05) is 25.5 Å². The van der Waals surface area contributed by atoms with E-state index in [9.17, 15) is 4.79 Å². The van der Waals surface area contributed by atoms with E-state index in [4.69, 9.17) is 4.74 Å². The zero-order valence-corrected chi connectivity index (χ0v) is 10.5. The summed E-state index contributed by atoms with van der Waals surface area (Å²) in [5.41, 5.74) is 0.471. The molecule has 1 N–H and O–H groups in total. The molecule has 17 heavy (non-hydrogen) atoms. The maximum absolute atomic E-state index is 11.7. The van der Waals surface area contributed by atoms with E-state index in [2.05, 4.69) is 23.0 Å². The highest BCUT2D eigenvalue weighted by Gasteiger charge is 2.17. The molecule has 0 aromatic carbocycles. The number of rotatable bonds is 4. The number of hydrogen-bond donors (Lipinski definition) is 2. The summed E-state index contributed by atoms with van der Waals surface area (Å²) in [5.74, 6) is 0.497. The Morgan fingerprint density at radius 1 is 1.59 bits per heavy atom. The van der Waals surface area contributed by atoms with E-state index >= 15 is 0 Å². The Labute approximate surface area is 106 Å². The second-order valence-corrected chi connectivity index (χ2v) is 4.45. The van der Waals surface area contributed by atoms with Crippen LogP contribution in [0.3, 0.4) is 0 Å². The van der Waals surface area contributed by atoms with E-state index < -0.39 is 0 Å². The second kappa shape index (κ2) is 6.07. The summed E-state index contributed by atoms with van der Waals surface area (Å²) in [4.78, 5) is 11.7. The quantitative estimate of drug-likeness (QED) is 0.786. The van der Waals surface area contributed by atoms with Gasteiger partial charge in [0.1, 0.15) is 5.69 Å². The molecule has 1 aliphatic heterocycles. The average molecular weight is 255 g/mol. The third-order valence-corrected chi connectivity index (χ3v) is 3.03. The molecule has 1 aromatic heterocycles. The molecule has 1 amide bonds. The van der Waals surface area contributed by atoms with Crippen LogP contribution in [0.15, 0.2) is 12.3 Å². The standard InChI is InChI=1S/C11H17N3O2S/c15-11(12-4-8-17)10-1-5-14(13-10)9-2-6-16-7-3-9/h1,5,9,17H,2-4,6-8H2,(H,12,15). The molecule has 0 radical (unpaired) electrons. The molecule has 2 heterocycles. The van der Waals surface area contributed by atoms with E-state index in [1.165, 1.54) is 0 Å². The van der Waals surface area contributed by atoms with Gasteiger partial charge in [0, 0.05) is 31.7 Å². The third kappa shape index (κ3) is 3.23. The Morgan fingerprint density at radius 2 is 2.35 bits per heavy atom. The molecule has 0 saturated carbocycles. The Hall–Kier alpha value is -1.01. The molecule has 94 valence electrons. The largest absolute Gasteiger partial charge is 0.381 e. The molecular formula is C11H17N3O2S. The predicted octanol–water partition coefficient (Wildman–Crippen LogP) is 0.894. The van der Waals surface area contributed by atoms with Gasteiger partial charge in [-0.15, -0.1) is 0 Å². The smallest absolute Gasteiger partial charge is 0.271 e. The lowest BCUT2D eigenvalue weighted by molar-refractivity contribution is 0.0660. The number of nitrogens with zero attached hydrogens (tertiary/aromatic N) is 2. The third-order valence-electron chi connectivity index (χ3n) is 2.80. The predicted molar refractivity (Wildman–Crippen MR) is 67.5 cm³/mol. The van der Waals surface area contributed by atoms with Crippen LogP contribution < -0.4 is 5.32 Å². The van der Waals surface area contributed by atoms with Crippen LogP contribution >= 0.6 is 12.6 Å². The van der Waals surface area contributed by atoms with Crippen molar-refractivity contribution in [2.45, 2.75) is 18.9 Å². The lowest BCUT2D eigenvalue weighted by Gasteiger charge is -2.22. The molecule has 1 saturated heterocycles. The Morgan fingerprint density at radius 3 is 3.06 bits per heavy atom. The van der Waals surface area contributed by atoms with E-state index in [-0.39, 0.29) is 5.91 Å². The number of amides is 1. The summed E-state index contributed by atoms with van der Waals surface area (Å²) >= 11 is 4.04. The van der Waals surface area contributed by atoms with Crippen LogP contribution in [0.1, 0.15) is 29.4 Å². The van der Waals surface area contributed by atoms with Crippen LogP contribution in [0.25, 0.3) is 0 Å². The Kier molecular flexibility index (Phi) is 4.44. The zero-order valence-electron chi connectivity index (χ0n) is 9.63. The SMILES string of the molecule is O=C(NCCS)c1ccn(C2CCOCC2)n1. The van der Waals surface area contributed by atoms with E-state index in [1.807, 2.05) is 10.9 Å². The number of nitrogens with one attached hydrogen (secondary N) is 1. The lowest BCUT2D eigenvalue weighted by atomic mass is 10.1. The molecule has 0 bridgehead atoms. The van der Waals surface area contributed by atoms with Crippen molar-refractivity contribution in [1.29, 1.82) is 0 Å². The van der Waals surface area contributed by atoms with Gasteiger partial charge in [-0.05, 0) is 18.9 Å². The van der Waals surface area contributed by atoms with Crippen LogP contribution in [0.2, 0.25) is 0 Å². The molecule has 1 aromatic rings. The van der Waals surface area contributed by atoms with Crippen LogP contribution in [-0.4, -0.2) is 41.2 Å². The van der Waals surface area contributed by atoms with Crippen LogP contribution in [-0.2, 0) is 4.74 Å². The molecule has 0 atom stereocenters. The van der Waals surface area contributed by atoms with Gasteiger partial charge in [-0.3, -0.25) is 9.48 Å².